The number of nitrogens with zero attached hydrogens (tertiary/aromatic N) is 1. The molecule has 1 fully saturated rings. The van der Waals surface area contributed by atoms with E-state index in [-0.39, 0.29) is 25.0 Å². The van der Waals surface area contributed by atoms with E-state index in [2.05, 4.69) is 10.3 Å². The summed E-state index contributed by atoms with van der Waals surface area (Å²) in [6, 6.07) is 5.60. The number of pyridine rings is 1. The van der Waals surface area contributed by atoms with Crippen molar-refractivity contribution < 1.29 is 9.53 Å². The lowest BCUT2D eigenvalue weighted by Gasteiger charge is -2.21. The Balaban J connectivity index is 0.00000180. The van der Waals surface area contributed by atoms with Gasteiger partial charge in [0.15, 0.2) is 0 Å². The number of hydrogen-bond donors (Lipinski definition) is 1. The quantitative estimate of drug-likeness (QED) is 0.843. The highest BCUT2D eigenvalue weighted by atomic mass is 35.5. The SMILES string of the molecule is Cl.O=C(CCC1CCNCC1)OCc1ccccn1. The van der Waals surface area contributed by atoms with Gasteiger partial charge in [-0.15, -0.1) is 12.4 Å². The Bertz CT molecular complexity index is 367. The number of carbonyl (C=O) groups excluding carboxylic acids is 1. The van der Waals surface area contributed by atoms with Crippen LogP contribution in [0.1, 0.15) is 31.4 Å². The molecule has 5 heteroatoms. The Morgan fingerprint density at radius 2 is 2.16 bits per heavy atom. The van der Waals surface area contributed by atoms with Gasteiger partial charge in [0.05, 0.1) is 5.69 Å². The lowest BCUT2D eigenvalue weighted by Crippen LogP contribution is -2.28. The van der Waals surface area contributed by atoms with Crippen LogP contribution in [0.15, 0.2) is 24.4 Å². The van der Waals surface area contributed by atoms with Gasteiger partial charge in [-0.1, -0.05) is 6.07 Å². The van der Waals surface area contributed by atoms with Crippen molar-refractivity contribution >= 4 is 18.4 Å². The van der Waals surface area contributed by atoms with Crippen molar-refractivity contribution in [2.24, 2.45) is 5.92 Å². The van der Waals surface area contributed by atoms with Gasteiger partial charge in [0.2, 0.25) is 0 Å². The molecule has 0 unspecified atom stereocenters. The molecule has 0 atom stereocenters. The van der Waals surface area contributed by atoms with Crippen LogP contribution in [0.2, 0.25) is 0 Å². The minimum Gasteiger partial charge on any atom is -0.459 e. The summed E-state index contributed by atoms with van der Waals surface area (Å²) in [6.45, 7) is 2.44. The summed E-state index contributed by atoms with van der Waals surface area (Å²) >= 11 is 0. The summed E-state index contributed by atoms with van der Waals surface area (Å²) in [5.41, 5.74) is 0.799. The summed E-state index contributed by atoms with van der Waals surface area (Å²) in [5, 5.41) is 3.32. The largest absolute Gasteiger partial charge is 0.459 e. The van der Waals surface area contributed by atoms with E-state index in [0.717, 1.165) is 25.2 Å². The van der Waals surface area contributed by atoms with Crippen molar-refractivity contribution in [3.05, 3.63) is 30.1 Å². The average molecular weight is 285 g/mol. The zero-order valence-electron chi connectivity index (χ0n) is 11.0. The molecule has 2 rings (SSSR count). The van der Waals surface area contributed by atoms with Crippen molar-refractivity contribution in [3.63, 3.8) is 0 Å². The third-order valence-corrected chi connectivity index (χ3v) is 3.32. The van der Waals surface area contributed by atoms with Gasteiger partial charge in [-0.05, 0) is 50.4 Å². The Kier molecular flexibility index (Phi) is 7.45. The molecule has 2 heterocycles. The molecule has 4 nitrogen and oxygen atoms in total. The van der Waals surface area contributed by atoms with E-state index in [4.69, 9.17) is 4.74 Å². The number of piperidine rings is 1. The van der Waals surface area contributed by atoms with Crippen LogP contribution >= 0.6 is 12.4 Å². The molecular weight excluding hydrogens is 264 g/mol. The fourth-order valence-electron chi connectivity index (χ4n) is 2.20. The molecule has 0 bridgehead atoms. The fourth-order valence-corrected chi connectivity index (χ4v) is 2.20. The molecule has 0 aliphatic carbocycles. The van der Waals surface area contributed by atoms with E-state index in [1.807, 2.05) is 18.2 Å². The van der Waals surface area contributed by atoms with Gasteiger partial charge in [0, 0.05) is 12.6 Å². The number of halogens is 1. The standard InChI is InChI=1S/C14H20N2O2.ClH/c17-14(5-4-12-6-9-15-10-7-12)18-11-13-3-1-2-8-16-13;/h1-3,8,12,15H,4-7,9-11H2;1H. The van der Waals surface area contributed by atoms with Crippen LogP contribution in [0.4, 0.5) is 0 Å². The molecule has 1 aliphatic rings. The number of aromatic nitrogens is 1. The smallest absolute Gasteiger partial charge is 0.306 e. The van der Waals surface area contributed by atoms with Crippen LogP contribution in [-0.2, 0) is 16.1 Å². The first-order valence-corrected chi connectivity index (χ1v) is 6.61. The highest BCUT2D eigenvalue weighted by Crippen LogP contribution is 2.18. The van der Waals surface area contributed by atoms with Gasteiger partial charge in [-0.25, -0.2) is 0 Å². The average Bonchev–Trinajstić information content (AvgIpc) is 2.45. The number of nitrogens with one attached hydrogen (secondary N) is 1. The van der Waals surface area contributed by atoms with Crippen LogP contribution in [-0.4, -0.2) is 24.0 Å². The topological polar surface area (TPSA) is 51.2 Å². The first kappa shape index (κ1) is 15.9. The van der Waals surface area contributed by atoms with Gasteiger partial charge in [-0.3, -0.25) is 9.78 Å². The number of rotatable bonds is 5. The lowest BCUT2D eigenvalue weighted by molar-refractivity contribution is -0.145. The van der Waals surface area contributed by atoms with Crippen molar-refractivity contribution in [1.82, 2.24) is 10.3 Å². The van der Waals surface area contributed by atoms with Crippen LogP contribution in [0.3, 0.4) is 0 Å². The summed E-state index contributed by atoms with van der Waals surface area (Å²) in [4.78, 5) is 15.7. The van der Waals surface area contributed by atoms with E-state index in [0.29, 0.717) is 12.3 Å². The van der Waals surface area contributed by atoms with Crippen molar-refractivity contribution in [2.45, 2.75) is 32.3 Å². The Labute approximate surface area is 120 Å². The van der Waals surface area contributed by atoms with Gasteiger partial charge in [-0.2, -0.15) is 0 Å². The number of hydrogen-bond acceptors (Lipinski definition) is 4. The Morgan fingerprint density at radius 1 is 1.37 bits per heavy atom. The first-order valence-electron chi connectivity index (χ1n) is 6.61. The summed E-state index contributed by atoms with van der Waals surface area (Å²) in [5.74, 6) is 0.563. The van der Waals surface area contributed by atoms with E-state index < -0.39 is 0 Å². The Morgan fingerprint density at radius 3 is 2.84 bits per heavy atom. The number of ether oxygens (including phenoxy) is 1. The third-order valence-electron chi connectivity index (χ3n) is 3.32. The molecule has 1 aromatic rings. The summed E-state index contributed by atoms with van der Waals surface area (Å²) in [7, 11) is 0. The molecule has 0 saturated carbocycles. The molecule has 19 heavy (non-hydrogen) atoms. The lowest BCUT2D eigenvalue weighted by atomic mass is 9.93. The van der Waals surface area contributed by atoms with Crippen molar-refractivity contribution in [2.75, 3.05) is 13.1 Å². The van der Waals surface area contributed by atoms with E-state index in [1.54, 1.807) is 6.20 Å². The van der Waals surface area contributed by atoms with Gasteiger partial charge in [0.1, 0.15) is 6.61 Å². The van der Waals surface area contributed by atoms with Gasteiger partial charge >= 0.3 is 5.97 Å². The maximum Gasteiger partial charge on any atom is 0.306 e. The normalized spacial score (nSPS) is 15.6. The second-order valence-electron chi connectivity index (χ2n) is 4.71. The molecule has 0 amide bonds. The van der Waals surface area contributed by atoms with E-state index in [9.17, 15) is 4.79 Å². The zero-order chi connectivity index (χ0) is 12.6. The zero-order valence-corrected chi connectivity index (χ0v) is 11.8. The monoisotopic (exact) mass is 284 g/mol. The summed E-state index contributed by atoms with van der Waals surface area (Å²) in [6.07, 6.45) is 5.53. The first-order chi connectivity index (χ1) is 8.84. The molecule has 106 valence electrons. The molecule has 0 radical (unpaired) electrons. The number of esters is 1. The molecule has 0 aromatic carbocycles. The van der Waals surface area contributed by atoms with Crippen molar-refractivity contribution in [3.8, 4) is 0 Å². The highest BCUT2D eigenvalue weighted by Gasteiger charge is 2.14. The fraction of sp³-hybridized carbons (Fsp3) is 0.571. The van der Waals surface area contributed by atoms with Gasteiger partial charge < -0.3 is 10.1 Å². The van der Waals surface area contributed by atoms with Crippen molar-refractivity contribution in [1.29, 1.82) is 0 Å². The predicted octanol–water partition coefficient (Wildman–Crippen LogP) is 2.33. The van der Waals surface area contributed by atoms with Crippen LogP contribution in [0, 0.1) is 5.92 Å². The Hall–Kier alpha value is -1.13. The van der Waals surface area contributed by atoms with Gasteiger partial charge in [0.25, 0.3) is 0 Å². The van der Waals surface area contributed by atoms with Crippen LogP contribution < -0.4 is 5.32 Å². The predicted molar refractivity (Wildman–Crippen MR) is 76.1 cm³/mol. The minimum atomic E-state index is -0.112. The maximum absolute atomic E-state index is 11.6. The highest BCUT2D eigenvalue weighted by molar-refractivity contribution is 5.85. The third kappa shape index (κ3) is 6.03. The summed E-state index contributed by atoms with van der Waals surface area (Å²) < 4.78 is 5.20. The van der Waals surface area contributed by atoms with E-state index in [1.165, 1.54) is 12.8 Å². The van der Waals surface area contributed by atoms with Crippen LogP contribution in [0.5, 0.6) is 0 Å². The molecule has 0 spiro atoms. The minimum absolute atomic E-state index is 0. The molecular formula is C14H21ClN2O2. The van der Waals surface area contributed by atoms with Crippen LogP contribution in [0.25, 0.3) is 0 Å². The molecule has 1 aromatic heterocycles. The second kappa shape index (κ2) is 8.88. The molecule has 1 N–H and O–H groups in total. The molecule has 1 aliphatic heterocycles. The second-order valence-corrected chi connectivity index (χ2v) is 4.71. The molecule has 1 saturated heterocycles. The number of carbonyl (C=O) groups is 1. The van der Waals surface area contributed by atoms with E-state index >= 15 is 0 Å². The maximum atomic E-state index is 11.6.